The second kappa shape index (κ2) is 4.28. The summed E-state index contributed by atoms with van der Waals surface area (Å²) < 4.78 is 14.6. The topological polar surface area (TPSA) is 66.8 Å². The Bertz CT molecular complexity index is 230. The Balaban J connectivity index is 4.49. The average Bonchev–Trinajstić information content (AvgIpc) is 1.82. The molecule has 0 unspecified atom stereocenters. The Kier molecular flexibility index (Phi) is 4.28. The molecule has 0 fully saturated rings. The highest BCUT2D eigenvalue weighted by Gasteiger charge is 2.18. The molecule has 0 radical (unpaired) electrons. The van der Waals surface area contributed by atoms with Crippen molar-refractivity contribution in [2.75, 3.05) is 0 Å². The van der Waals surface area contributed by atoms with E-state index in [1.54, 1.807) is 13.8 Å². The molecule has 0 aliphatic carbocycles. The summed E-state index contributed by atoms with van der Waals surface area (Å²) in [6.45, 7) is 5.02. The van der Waals surface area contributed by atoms with Crippen LogP contribution in [0.2, 0.25) is 0 Å². The number of hydrogen-bond donors (Lipinski definition) is 2. The average molecular weight is 215 g/mol. The zero-order valence-corrected chi connectivity index (χ0v) is 8.76. The van der Waals surface area contributed by atoms with Gasteiger partial charge in [-0.05, 0) is 12.8 Å². The van der Waals surface area contributed by atoms with Crippen LogP contribution in [0, 0.1) is 5.92 Å². The zero-order chi connectivity index (χ0) is 9.94. The lowest BCUT2D eigenvalue weighted by Gasteiger charge is -2.10. The van der Waals surface area contributed by atoms with Gasteiger partial charge in [0.25, 0.3) is 0 Å². The smallest absolute Gasteiger partial charge is 0.408 e. The molecule has 0 atom stereocenters. The lowest BCUT2D eigenvalue weighted by atomic mass is 10.2. The normalized spacial score (nSPS) is 14.6. The summed E-state index contributed by atoms with van der Waals surface area (Å²) in [7, 11) is -4.46. The van der Waals surface area contributed by atoms with Crippen molar-refractivity contribution in [3.63, 3.8) is 0 Å². The molecule has 0 heterocycles. The molecule has 0 saturated heterocycles. The van der Waals surface area contributed by atoms with Crippen molar-refractivity contribution in [3.8, 4) is 0 Å². The van der Waals surface area contributed by atoms with E-state index in [-0.39, 0.29) is 11.7 Å². The molecule has 0 spiro atoms. The highest BCUT2D eigenvalue weighted by Crippen LogP contribution is 2.40. The van der Waals surface area contributed by atoms with Gasteiger partial charge in [0.15, 0.2) is 0 Å². The van der Waals surface area contributed by atoms with Crippen LogP contribution in [0.5, 0.6) is 0 Å². The maximum Gasteiger partial charge on any atom is 0.524 e. The van der Waals surface area contributed by atoms with Crippen LogP contribution < -0.4 is 0 Å². The summed E-state index contributed by atoms with van der Waals surface area (Å²) in [5, 5.41) is 0.318. The first-order chi connectivity index (χ1) is 5.24. The molecule has 0 aromatic rings. The Hall–Kier alpha value is -0.0200. The van der Waals surface area contributed by atoms with Crippen LogP contribution in [0.1, 0.15) is 20.8 Å². The van der Waals surface area contributed by atoms with Crippen molar-refractivity contribution in [2.45, 2.75) is 20.8 Å². The quantitative estimate of drug-likeness (QED) is 0.558. The van der Waals surface area contributed by atoms with Gasteiger partial charge in [-0.2, -0.15) is 0 Å². The van der Waals surface area contributed by atoms with Gasteiger partial charge in [-0.25, -0.2) is 4.57 Å². The van der Waals surface area contributed by atoms with Gasteiger partial charge >= 0.3 is 7.82 Å². The highest BCUT2D eigenvalue weighted by molar-refractivity contribution is 7.46. The first-order valence-electron chi connectivity index (χ1n) is 3.35. The minimum Gasteiger partial charge on any atom is -0.408 e. The number of phosphoric ester groups is 1. The lowest BCUT2D eigenvalue weighted by molar-refractivity contribution is 0.241. The van der Waals surface area contributed by atoms with E-state index in [0.717, 1.165) is 0 Å². The van der Waals surface area contributed by atoms with E-state index in [2.05, 4.69) is 4.52 Å². The minimum atomic E-state index is -4.46. The molecule has 12 heavy (non-hydrogen) atoms. The molecule has 0 aliphatic rings. The molecular weight excluding hydrogens is 202 g/mol. The van der Waals surface area contributed by atoms with Crippen LogP contribution in [0.25, 0.3) is 0 Å². The summed E-state index contributed by atoms with van der Waals surface area (Å²) in [4.78, 5) is 16.8. The lowest BCUT2D eigenvalue weighted by Crippen LogP contribution is -1.94. The van der Waals surface area contributed by atoms with E-state index in [1.807, 2.05) is 0 Å². The summed E-state index contributed by atoms with van der Waals surface area (Å²) >= 11 is 5.68. The molecule has 0 rings (SSSR count). The van der Waals surface area contributed by atoms with Gasteiger partial charge in [0.05, 0.1) is 5.03 Å². The zero-order valence-electron chi connectivity index (χ0n) is 7.11. The molecule has 2 N–H and O–H groups in total. The van der Waals surface area contributed by atoms with Gasteiger partial charge < -0.3 is 4.52 Å². The van der Waals surface area contributed by atoms with Crippen LogP contribution in [0.15, 0.2) is 10.8 Å². The predicted molar refractivity (Wildman–Crippen MR) is 46.5 cm³/mol. The van der Waals surface area contributed by atoms with Crippen LogP contribution in [0.4, 0.5) is 0 Å². The van der Waals surface area contributed by atoms with Gasteiger partial charge in [-0.3, -0.25) is 9.79 Å². The summed E-state index contributed by atoms with van der Waals surface area (Å²) in [5.41, 5.74) is 0. The van der Waals surface area contributed by atoms with E-state index in [0.29, 0.717) is 5.03 Å². The predicted octanol–water partition coefficient (Wildman–Crippen LogP) is 2.22. The second-order valence-corrected chi connectivity index (χ2v) is 4.21. The fraction of sp³-hybridized carbons (Fsp3) is 0.667. The largest absolute Gasteiger partial charge is 0.524 e. The van der Waals surface area contributed by atoms with Crippen LogP contribution in [-0.4, -0.2) is 9.79 Å². The molecule has 0 amide bonds. The number of halogens is 1. The van der Waals surface area contributed by atoms with Crippen molar-refractivity contribution in [2.24, 2.45) is 5.92 Å². The summed E-state index contributed by atoms with van der Waals surface area (Å²) in [6.07, 6.45) is 0. The van der Waals surface area contributed by atoms with E-state index >= 15 is 0 Å². The third-order valence-electron chi connectivity index (χ3n) is 1.10. The fourth-order valence-electron chi connectivity index (χ4n) is 0.629. The Morgan fingerprint density at radius 3 is 2.17 bits per heavy atom. The van der Waals surface area contributed by atoms with Crippen LogP contribution in [0.3, 0.4) is 0 Å². The SMILES string of the molecule is CC(OP(=O)(O)O)=C(Cl)C(C)C. The summed E-state index contributed by atoms with van der Waals surface area (Å²) in [5.74, 6) is 0.0678. The standard InChI is InChI=1S/C6H12ClO4P/c1-4(2)6(7)5(3)11-12(8,9)10/h4H,1-3H3,(H2,8,9,10). The monoisotopic (exact) mass is 214 g/mol. The van der Waals surface area contributed by atoms with E-state index in [1.165, 1.54) is 6.92 Å². The highest BCUT2D eigenvalue weighted by atomic mass is 35.5. The molecule has 0 aromatic heterocycles. The fourth-order valence-corrected chi connectivity index (χ4v) is 1.18. The van der Waals surface area contributed by atoms with Crippen LogP contribution in [-0.2, 0) is 9.09 Å². The van der Waals surface area contributed by atoms with E-state index < -0.39 is 7.82 Å². The summed E-state index contributed by atoms with van der Waals surface area (Å²) in [6, 6.07) is 0. The molecule has 6 heteroatoms. The first-order valence-corrected chi connectivity index (χ1v) is 5.26. The second-order valence-electron chi connectivity index (χ2n) is 2.64. The van der Waals surface area contributed by atoms with Gasteiger partial charge in [-0.1, -0.05) is 25.4 Å². The number of rotatable bonds is 3. The Labute approximate surface area is 76.4 Å². The Morgan fingerprint density at radius 2 is 1.92 bits per heavy atom. The molecular formula is C6H12ClO4P. The van der Waals surface area contributed by atoms with Crippen molar-refractivity contribution in [1.82, 2.24) is 0 Å². The number of phosphoric acid groups is 1. The molecule has 0 bridgehead atoms. The van der Waals surface area contributed by atoms with Gasteiger partial charge in [0.1, 0.15) is 5.76 Å². The Morgan fingerprint density at radius 1 is 1.50 bits per heavy atom. The molecule has 0 aromatic carbocycles. The number of hydrogen-bond acceptors (Lipinski definition) is 2. The van der Waals surface area contributed by atoms with Gasteiger partial charge in [0.2, 0.25) is 0 Å². The van der Waals surface area contributed by atoms with Crippen molar-refractivity contribution < 1.29 is 18.9 Å². The van der Waals surface area contributed by atoms with Gasteiger partial charge in [0, 0.05) is 0 Å². The van der Waals surface area contributed by atoms with E-state index in [9.17, 15) is 4.57 Å². The van der Waals surface area contributed by atoms with Crippen molar-refractivity contribution >= 4 is 19.4 Å². The third-order valence-corrected chi connectivity index (χ3v) is 2.31. The molecule has 0 aliphatic heterocycles. The molecule has 0 saturated carbocycles. The van der Waals surface area contributed by atoms with E-state index in [4.69, 9.17) is 21.4 Å². The number of allylic oxidation sites excluding steroid dienone is 2. The van der Waals surface area contributed by atoms with Crippen LogP contribution >= 0.6 is 19.4 Å². The first kappa shape index (κ1) is 12.0. The van der Waals surface area contributed by atoms with Gasteiger partial charge in [-0.15, -0.1) is 0 Å². The van der Waals surface area contributed by atoms with Crippen molar-refractivity contribution in [3.05, 3.63) is 10.8 Å². The molecule has 4 nitrogen and oxygen atoms in total. The van der Waals surface area contributed by atoms with Crippen molar-refractivity contribution in [1.29, 1.82) is 0 Å². The maximum absolute atomic E-state index is 10.3. The third kappa shape index (κ3) is 4.78. The molecule has 72 valence electrons. The minimum absolute atomic E-state index is 0.00165. The maximum atomic E-state index is 10.3.